The van der Waals surface area contributed by atoms with Crippen molar-refractivity contribution in [2.75, 3.05) is 7.05 Å². The molecule has 184 valence electrons. The van der Waals surface area contributed by atoms with Crippen LogP contribution in [0.1, 0.15) is 40.2 Å². The SMILES string of the molecule is CC1(c2ccc3oc(C4NC(=O)NC4=O)cc3c2)NC(=O)NC1=O.CN1Cc2ccc(O)cc2C1=O. The summed E-state index contributed by atoms with van der Waals surface area (Å²) in [5.41, 5.74) is 1.50. The number of phenolic OH excluding ortho intramolecular Hbond substituents is 1. The van der Waals surface area contributed by atoms with Crippen molar-refractivity contribution in [1.29, 1.82) is 0 Å². The molecule has 3 aromatic rings. The van der Waals surface area contributed by atoms with Crippen LogP contribution < -0.4 is 21.3 Å². The number of hydrogen-bond donors (Lipinski definition) is 5. The van der Waals surface area contributed by atoms with Gasteiger partial charge in [-0.1, -0.05) is 12.1 Å². The fraction of sp³-hybridized carbons (Fsp3) is 0.208. The number of nitrogens with one attached hydrogen (secondary N) is 4. The van der Waals surface area contributed by atoms with Gasteiger partial charge in [0, 0.05) is 24.5 Å². The fourth-order valence-corrected chi connectivity index (χ4v) is 4.32. The first-order chi connectivity index (χ1) is 17.0. The number of nitrogens with zero attached hydrogens (tertiary/aromatic N) is 1. The maximum Gasteiger partial charge on any atom is 0.322 e. The topological polar surface area (TPSA) is 170 Å². The molecule has 5 N–H and O–H groups in total. The highest BCUT2D eigenvalue weighted by molar-refractivity contribution is 6.07. The second kappa shape index (κ2) is 8.12. The summed E-state index contributed by atoms with van der Waals surface area (Å²) in [4.78, 5) is 59.3. The Morgan fingerprint density at radius 2 is 1.78 bits per heavy atom. The molecule has 0 saturated carbocycles. The number of benzene rings is 2. The number of aromatic hydroxyl groups is 1. The Morgan fingerprint density at radius 3 is 2.44 bits per heavy atom. The van der Waals surface area contributed by atoms with Crippen LogP contribution in [-0.4, -0.2) is 46.8 Å². The summed E-state index contributed by atoms with van der Waals surface area (Å²) >= 11 is 0. The summed E-state index contributed by atoms with van der Waals surface area (Å²) in [5.74, 6) is -0.513. The predicted octanol–water partition coefficient (Wildman–Crippen LogP) is 1.35. The van der Waals surface area contributed by atoms with Gasteiger partial charge in [0.15, 0.2) is 6.04 Å². The van der Waals surface area contributed by atoms with E-state index in [9.17, 15) is 24.0 Å². The highest BCUT2D eigenvalue weighted by Crippen LogP contribution is 2.31. The quantitative estimate of drug-likeness (QED) is 0.337. The maximum absolute atomic E-state index is 12.0. The van der Waals surface area contributed by atoms with Crippen LogP contribution in [0.3, 0.4) is 0 Å². The lowest BCUT2D eigenvalue weighted by molar-refractivity contribution is -0.123. The molecule has 0 bridgehead atoms. The molecule has 0 radical (unpaired) electrons. The first-order valence-corrected chi connectivity index (χ1v) is 10.9. The molecule has 0 aliphatic carbocycles. The van der Waals surface area contributed by atoms with E-state index in [2.05, 4.69) is 21.3 Å². The molecule has 36 heavy (non-hydrogen) atoms. The number of fused-ring (bicyclic) bond motifs is 2. The molecule has 2 saturated heterocycles. The van der Waals surface area contributed by atoms with E-state index in [-0.39, 0.29) is 17.4 Å². The molecule has 2 aromatic carbocycles. The van der Waals surface area contributed by atoms with Crippen molar-refractivity contribution in [2.45, 2.75) is 25.0 Å². The third-order valence-electron chi connectivity index (χ3n) is 6.29. The number of rotatable bonds is 2. The Bertz CT molecular complexity index is 1480. The number of hydrogen-bond acceptors (Lipinski definition) is 7. The van der Waals surface area contributed by atoms with Crippen LogP contribution >= 0.6 is 0 Å². The van der Waals surface area contributed by atoms with E-state index in [1.807, 2.05) is 0 Å². The summed E-state index contributed by atoms with van der Waals surface area (Å²) in [7, 11) is 1.75. The number of furan rings is 1. The number of amides is 7. The van der Waals surface area contributed by atoms with Crippen LogP contribution in [0.25, 0.3) is 11.0 Å². The number of urea groups is 2. The monoisotopic (exact) mass is 491 g/mol. The van der Waals surface area contributed by atoms with Crippen LogP contribution in [0, 0.1) is 0 Å². The second-order valence-corrected chi connectivity index (χ2v) is 8.83. The zero-order chi connectivity index (χ0) is 25.8. The van der Waals surface area contributed by atoms with Crippen molar-refractivity contribution in [2.24, 2.45) is 0 Å². The number of imide groups is 2. The molecule has 3 aliphatic heterocycles. The van der Waals surface area contributed by atoms with E-state index in [1.54, 1.807) is 55.3 Å². The van der Waals surface area contributed by atoms with E-state index in [0.29, 0.717) is 28.6 Å². The molecule has 3 aliphatic rings. The minimum atomic E-state index is -1.18. The third kappa shape index (κ3) is 3.78. The van der Waals surface area contributed by atoms with Gasteiger partial charge in [0.05, 0.1) is 0 Å². The van der Waals surface area contributed by atoms with Crippen molar-refractivity contribution in [3.8, 4) is 5.75 Å². The van der Waals surface area contributed by atoms with Gasteiger partial charge in [-0.15, -0.1) is 0 Å². The highest BCUT2D eigenvalue weighted by atomic mass is 16.3. The summed E-state index contributed by atoms with van der Waals surface area (Å²) in [6.07, 6.45) is 0. The van der Waals surface area contributed by atoms with Crippen molar-refractivity contribution in [1.82, 2.24) is 26.2 Å². The van der Waals surface area contributed by atoms with Crippen molar-refractivity contribution in [3.05, 3.63) is 64.9 Å². The minimum Gasteiger partial charge on any atom is -0.508 e. The van der Waals surface area contributed by atoms with Crippen LogP contribution in [-0.2, 0) is 21.7 Å². The molecule has 12 heteroatoms. The molecule has 12 nitrogen and oxygen atoms in total. The number of carbonyl (C=O) groups is 5. The van der Waals surface area contributed by atoms with Gasteiger partial charge in [-0.2, -0.15) is 0 Å². The summed E-state index contributed by atoms with van der Waals surface area (Å²) in [5, 5.41) is 19.2. The van der Waals surface area contributed by atoms with Gasteiger partial charge in [0.2, 0.25) is 0 Å². The second-order valence-electron chi connectivity index (χ2n) is 8.83. The molecule has 2 atom stereocenters. The fourth-order valence-electron chi connectivity index (χ4n) is 4.32. The van der Waals surface area contributed by atoms with Gasteiger partial charge in [0.25, 0.3) is 17.7 Å². The van der Waals surface area contributed by atoms with Crippen LogP contribution in [0.5, 0.6) is 5.75 Å². The van der Waals surface area contributed by atoms with Crippen LogP contribution in [0.2, 0.25) is 0 Å². The Hall–Kier alpha value is -4.87. The molecule has 1 aromatic heterocycles. The zero-order valence-corrected chi connectivity index (χ0v) is 19.2. The van der Waals surface area contributed by atoms with Crippen molar-refractivity contribution in [3.63, 3.8) is 0 Å². The lowest BCUT2D eigenvalue weighted by Crippen LogP contribution is -2.40. The van der Waals surface area contributed by atoms with Crippen molar-refractivity contribution >= 4 is 40.8 Å². The first kappa shape index (κ1) is 22.9. The van der Waals surface area contributed by atoms with Gasteiger partial charge in [-0.25, -0.2) is 9.59 Å². The standard InChI is InChI=1S/C15H12N4O5.C9H9NO2/c1-15(12(21)18-14(23)19-15)7-2-3-8-6(4-7)5-9(24-8)10-11(20)17-13(22)16-10;1-10-5-6-2-3-7(11)4-8(6)9(10)12/h2-5,10H,1H3,(H2,16,17,20,22)(H2,18,19,21,23);2-4,11H,5H2,1H3. The Morgan fingerprint density at radius 1 is 1.00 bits per heavy atom. The Labute approximate surface area is 203 Å². The predicted molar refractivity (Wildman–Crippen MR) is 124 cm³/mol. The molecule has 6 rings (SSSR count). The van der Waals surface area contributed by atoms with E-state index in [1.165, 1.54) is 6.07 Å². The lowest BCUT2D eigenvalue weighted by atomic mass is 9.91. The first-order valence-electron chi connectivity index (χ1n) is 10.9. The van der Waals surface area contributed by atoms with Gasteiger partial charge in [-0.05, 0) is 48.4 Å². The molecule has 4 heterocycles. The molecule has 7 amide bonds. The summed E-state index contributed by atoms with van der Waals surface area (Å²) in [6, 6.07) is 9.50. The van der Waals surface area contributed by atoms with E-state index in [0.717, 1.165) is 5.56 Å². The van der Waals surface area contributed by atoms with Gasteiger partial charge < -0.3 is 25.1 Å². The normalized spacial score (nSPS) is 22.6. The Balaban J connectivity index is 0.000000186. The molecule has 2 unspecified atom stereocenters. The van der Waals surface area contributed by atoms with Crippen molar-refractivity contribution < 1.29 is 33.5 Å². The maximum atomic E-state index is 12.0. The highest BCUT2D eigenvalue weighted by Gasteiger charge is 2.43. The largest absolute Gasteiger partial charge is 0.508 e. The average Bonchev–Trinajstić information content (AvgIpc) is 3.54. The smallest absolute Gasteiger partial charge is 0.322 e. The summed E-state index contributed by atoms with van der Waals surface area (Å²) < 4.78 is 5.61. The molecule has 2 fully saturated rings. The van der Waals surface area contributed by atoms with Crippen LogP contribution in [0.15, 0.2) is 46.9 Å². The van der Waals surface area contributed by atoms with Crippen LogP contribution in [0.4, 0.5) is 9.59 Å². The molecule has 0 spiro atoms. The lowest BCUT2D eigenvalue weighted by Gasteiger charge is -2.20. The average molecular weight is 491 g/mol. The Kier molecular flexibility index (Phi) is 5.16. The van der Waals surface area contributed by atoms with Gasteiger partial charge >= 0.3 is 12.1 Å². The van der Waals surface area contributed by atoms with Gasteiger partial charge in [0.1, 0.15) is 22.6 Å². The summed E-state index contributed by atoms with van der Waals surface area (Å²) in [6.45, 7) is 2.24. The molecular formula is C24H21N5O7. The van der Waals surface area contributed by atoms with E-state index in [4.69, 9.17) is 9.52 Å². The van der Waals surface area contributed by atoms with E-state index < -0.39 is 35.5 Å². The minimum absolute atomic E-state index is 0.0131. The zero-order valence-electron chi connectivity index (χ0n) is 19.2. The number of phenols is 1. The van der Waals surface area contributed by atoms with E-state index >= 15 is 0 Å². The third-order valence-corrected chi connectivity index (χ3v) is 6.29. The number of carbonyl (C=O) groups excluding carboxylic acids is 5. The molecular weight excluding hydrogens is 470 g/mol. The van der Waals surface area contributed by atoms with Gasteiger partial charge in [-0.3, -0.25) is 25.0 Å².